The van der Waals surface area contributed by atoms with E-state index in [4.69, 9.17) is 25.8 Å². The van der Waals surface area contributed by atoms with Crippen molar-refractivity contribution in [3.63, 3.8) is 0 Å². The minimum absolute atomic E-state index is 0.118. The summed E-state index contributed by atoms with van der Waals surface area (Å²) in [5.74, 6) is 0.513. The molecule has 2 N–H and O–H groups in total. The van der Waals surface area contributed by atoms with Crippen LogP contribution in [0.1, 0.15) is 16.1 Å². The Morgan fingerprint density at radius 2 is 1.88 bits per heavy atom. The van der Waals surface area contributed by atoms with E-state index in [1.165, 1.54) is 11.8 Å². The van der Waals surface area contributed by atoms with E-state index in [0.717, 1.165) is 6.04 Å². The first kappa shape index (κ1) is 25.8. The standard InChI is InChI=1S/C24H30ClN3O5Si/c1-31-22-13-19(7-10-21(22)33-16-32-11-12-34(2,3)4)26-24(30)23-17(15-29)14-28(27-23)20-8-5-18(25)6-9-20/h5-10,13-14,29H,11-12,15-16H2,1-4H3,(H,26,30). The molecule has 10 heteroatoms. The molecule has 0 fully saturated rings. The highest BCUT2D eigenvalue weighted by atomic mass is 35.5. The largest absolute Gasteiger partial charge is 0.493 e. The van der Waals surface area contributed by atoms with Crippen molar-refractivity contribution in [2.24, 2.45) is 0 Å². The van der Waals surface area contributed by atoms with Gasteiger partial charge in [0.25, 0.3) is 5.91 Å². The van der Waals surface area contributed by atoms with E-state index in [2.05, 4.69) is 30.1 Å². The number of halogens is 1. The first-order valence-corrected chi connectivity index (χ1v) is 14.9. The summed E-state index contributed by atoms with van der Waals surface area (Å²) in [4.78, 5) is 12.9. The van der Waals surface area contributed by atoms with Crippen LogP contribution in [0.15, 0.2) is 48.7 Å². The van der Waals surface area contributed by atoms with Crippen molar-refractivity contribution in [2.45, 2.75) is 32.3 Å². The Morgan fingerprint density at radius 3 is 2.53 bits per heavy atom. The minimum atomic E-state index is -1.16. The zero-order valence-electron chi connectivity index (χ0n) is 19.8. The molecule has 34 heavy (non-hydrogen) atoms. The number of carbonyl (C=O) groups is 1. The van der Waals surface area contributed by atoms with Gasteiger partial charge in [-0.2, -0.15) is 5.10 Å². The lowest BCUT2D eigenvalue weighted by Gasteiger charge is -2.16. The quantitative estimate of drug-likeness (QED) is 0.218. The van der Waals surface area contributed by atoms with Gasteiger partial charge in [0.15, 0.2) is 24.0 Å². The van der Waals surface area contributed by atoms with Gasteiger partial charge in [-0.15, -0.1) is 0 Å². The molecule has 1 heterocycles. The Bertz CT molecular complexity index is 1110. The molecule has 3 rings (SSSR count). The molecule has 0 atom stereocenters. The molecule has 2 aromatic carbocycles. The van der Waals surface area contributed by atoms with Crippen LogP contribution in [-0.2, 0) is 11.3 Å². The zero-order chi connectivity index (χ0) is 24.7. The average Bonchev–Trinajstić information content (AvgIpc) is 3.24. The summed E-state index contributed by atoms with van der Waals surface area (Å²) >= 11 is 5.94. The van der Waals surface area contributed by atoms with Gasteiger partial charge in [0.05, 0.1) is 19.4 Å². The Labute approximate surface area is 205 Å². The van der Waals surface area contributed by atoms with Crippen LogP contribution < -0.4 is 14.8 Å². The van der Waals surface area contributed by atoms with E-state index in [1.54, 1.807) is 48.7 Å². The number of benzene rings is 2. The molecule has 8 nitrogen and oxygen atoms in total. The molecule has 0 bridgehead atoms. The Balaban J connectivity index is 1.67. The summed E-state index contributed by atoms with van der Waals surface area (Å²) in [5, 5.41) is 17.5. The predicted molar refractivity (Wildman–Crippen MR) is 135 cm³/mol. The zero-order valence-corrected chi connectivity index (χ0v) is 21.6. The maximum atomic E-state index is 12.9. The number of aliphatic hydroxyl groups excluding tert-OH is 1. The maximum Gasteiger partial charge on any atom is 0.276 e. The van der Waals surface area contributed by atoms with Crippen molar-refractivity contribution in [1.29, 1.82) is 0 Å². The first-order chi connectivity index (χ1) is 16.2. The maximum absolute atomic E-state index is 12.9. The van der Waals surface area contributed by atoms with Gasteiger partial charge in [0.2, 0.25) is 0 Å². The highest BCUT2D eigenvalue weighted by Crippen LogP contribution is 2.30. The van der Waals surface area contributed by atoms with E-state index in [0.29, 0.717) is 40.1 Å². The van der Waals surface area contributed by atoms with E-state index in [-0.39, 0.29) is 19.1 Å². The Kier molecular flexibility index (Phi) is 8.73. The number of nitrogens with zero attached hydrogens (tertiary/aromatic N) is 2. The lowest BCUT2D eigenvalue weighted by Crippen LogP contribution is -2.22. The van der Waals surface area contributed by atoms with Crippen molar-refractivity contribution in [3.8, 4) is 17.2 Å². The third-order valence-electron chi connectivity index (χ3n) is 4.98. The average molecular weight is 504 g/mol. The molecule has 0 saturated carbocycles. The number of anilines is 1. The topological polar surface area (TPSA) is 94.8 Å². The normalized spacial score (nSPS) is 11.4. The van der Waals surface area contributed by atoms with Gasteiger partial charge in [-0.25, -0.2) is 4.68 Å². The van der Waals surface area contributed by atoms with Gasteiger partial charge in [-0.05, 0) is 42.4 Å². The number of hydrogen-bond donors (Lipinski definition) is 2. The van der Waals surface area contributed by atoms with Crippen LogP contribution in [0.5, 0.6) is 11.5 Å². The number of hydrogen-bond acceptors (Lipinski definition) is 6. The fourth-order valence-corrected chi connectivity index (χ4v) is 3.92. The van der Waals surface area contributed by atoms with E-state index in [1.807, 2.05) is 0 Å². The first-order valence-electron chi connectivity index (χ1n) is 10.9. The van der Waals surface area contributed by atoms with Crippen molar-refractivity contribution in [1.82, 2.24) is 9.78 Å². The third kappa shape index (κ3) is 7.07. The molecule has 0 radical (unpaired) electrons. The van der Waals surface area contributed by atoms with Crippen LogP contribution >= 0.6 is 11.6 Å². The van der Waals surface area contributed by atoms with Gasteiger partial charge >= 0.3 is 0 Å². The second-order valence-corrected chi connectivity index (χ2v) is 14.9. The van der Waals surface area contributed by atoms with Crippen molar-refractivity contribution < 1.29 is 24.1 Å². The molecular weight excluding hydrogens is 474 g/mol. The van der Waals surface area contributed by atoms with Gasteiger partial charge < -0.3 is 24.6 Å². The summed E-state index contributed by atoms with van der Waals surface area (Å²) in [7, 11) is 0.370. The lowest BCUT2D eigenvalue weighted by molar-refractivity contribution is 0.0205. The summed E-state index contributed by atoms with van der Waals surface area (Å²) in [6.45, 7) is 7.32. The monoisotopic (exact) mass is 503 g/mol. The van der Waals surface area contributed by atoms with Crippen molar-refractivity contribution in [2.75, 3.05) is 25.8 Å². The SMILES string of the molecule is COc1cc(NC(=O)c2nn(-c3ccc(Cl)cc3)cc2CO)ccc1OCOCC[Si](C)(C)C. The van der Waals surface area contributed by atoms with E-state index in [9.17, 15) is 9.90 Å². The number of methoxy groups -OCH3 is 1. The summed E-state index contributed by atoms with van der Waals surface area (Å²) < 4.78 is 18.2. The molecule has 1 aromatic heterocycles. The number of rotatable bonds is 11. The smallest absolute Gasteiger partial charge is 0.276 e. The van der Waals surface area contributed by atoms with Gasteiger partial charge in [0.1, 0.15) is 0 Å². The van der Waals surface area contributed by atoms with Crippen LogP contribution in [0.2, 0.25) is 30.7 Å². The molecule has 1 amide bonds. The highest BCUT2D eigenvalue weighted by Gasteiger charge is 2.18. The molecule has 0 spiro atoms. The molecule has 0 aliphatic carbocycles. The van der Waals surface area contributed by atoms with Gasteiger partial charge in [-0.3, -0.25) is 4.79 Å². The molecule has 0 aliphatic heterocycles. The van der Waals surface area contributed by atoms with Crippen molar-refractivity contribution >= 4 is 31.3 Å². The number of carbonyl (C=O) groups excluding carboxylic acids is 1. The van der Waals surface area contributed by atoms with Crippen LogP contribution in [0, 0.1) is 0 Å². The molecule has 3 aromatic rings. The summed E-state index contributed by atoms with van der Waals surface area (Å²) in [6.07, 6.45) is 1.61. The number of aliphatic hydroxyl groups is 1. The van der Waals surface area contributed by atoms with E-state index < -0.39 is 14.0 Å². The molecule has 0 unspecified atom stereocenters. The number of nitrogens with one attached hydrogen (secondary N) is 1. The predicted octanol–water partition coefficient (Wildman–Crippen LogP) is 4.97. The fourth-order valence-electron chi connectivity index (χ4n) is 3.04. The van der Waals surface area contributed by atoms with Crippen LogP contribution in [0.4, 0.5) is 5.69 Å². The van der Waals surface area contributed by atoms with Crippen LogP contribution in [0.3, 0.4) is 0 Å². The van der Waals surface area contributed by atoms with Gasteiger partial charge in [-0.1, -0.05) is 31.2 Å². The molecule has 0 aliphatic rings. The lowest BCUT2D eigenvalue weighted by atomic mass is 10.2. The van der Waals surface area contributed by atoms with Gasteiger partial charge in [0, 0.05) is 43.2 Å². The van der Waals surface area contributed by atoms with Crippen LogP contribution in [-0.4, -0.2) is 49.4 Å². The Hall–Kier alpha value is -2.85. The summed E-state index contributed by atoms with van der Waals surface area (Å²) in [5.41, 5.74) is 1.73. The second kappa shape index (κ2) is 11.5. The summed E-state index contributed by atoms with van der Waals surface area (Å²) in [6, 6.07) is 13.1. The third-order valence-corrected chi connectivity index (χ3v) is 6.94. The van der Waals surface area contributed by atoms with Crippen LogP contribution in [0.25, 0.3) is 5.69 Å². The Morgan fingerprint density at radius 1 is 1.15 bits per heavy atom. The number of aromatic nitrogens is 2. The van der Waals surface area contributed by atoms with E-state index >= 15 is 0 Å². The highest BCUT2D eigenvalue weighted by molar-refractivity contribution is 6.76. The molecule has 182 valence electrons. The fraction of sp³-hybridized carbons (Fsp3) is 0.333. The second-order valence-electron chi connectivity index (χ2n) is 8.88. The minimum Gasteiger partial charge on any atom is -0.493 e. The molecular formula is C24H30ClN3O5Si. The molecule has 0 saturated heterocycles. The number of ether oxygens (including phenoxy) is 3. The number of amides is 1. The van der Waals surface area contributed by atoms with Crippen molar-refractivity contribution in [3.05, 3.63) is 64.9 Å².